The number of amidine groups is 1. The molecule has 1 fully saturated rings. The predicted octanol–water partition coefficient (Wildman–Crippen LogP) is 4.64. The second-order valence-electron chi connectivity index (χ2n) is 7.31. The SMILES string of the molecule is FC(F)(F)c1cccc2c1CC1(CCNCC1)C(=NCc1ccccc1)N2. The van der Waals surface area contributed by atoms with E-state index in [0.717, 1.165) is 37.3 Å². The molecule has 1 spiro atoms. The Hall–Kier alpha value is -2.34. The summed E-state index contributed by atoms with van der Waals surface area (Å²) in [5.74, 6) is 0.819. The molecule has 0 saturated carbocycles. The van der Waals surface area contributed by atoms with E-state index in [0.29, 0.717) is 24.2 Å². The molecule has 0 aromatic heterocycles. The summed E-state index contributed by atoms with van der Waals surface area (Å²) in [5.41, 5.74) is 1.08. The van der Waals surface area contributed by atoms with Crippen molar-refractivity contribution >= 4 is 11.5 Å². The third-order valence-electron chi connectivity index (χ3n) is 5.58. The fourth-order valence-corrected chi connectivity index (χ4v) is 4.12. The fraction of sp³-hybridized carbons (Fsp3) is 0.381. The zero-order chi connectivity index (χ0) is 18.9. The van der Waals surface area contributed by atoms with Crippen LogP contribution >= 0.6 is 0 Å². The fourth-order valence-electron chi connectivity index (χ4n) is 4.12. The van der Waals surface area contributed by atoms with E-state index in [1.807, 2.05) is 30.3 Å². The quantitative estimate of drug-likeness (QED) is 0.804. The summed E-state index contributed by atoms with van der Waals surface area (Å²) in [6, 6.07) is 14.3. The Balaban J connectivity index is 1.73. The second kappa shape index (κ2) is 7.00. The lowest BCUT2D eigenvalue weighted by Crippen LogP contribution is -2.49. The number of anilines is 1. The Morgan fingerprint density at radius 1 is 0.963 bits per heavy atom. The lowest BCUT2D eigenvalue weighted by atomic mass is 9.70. The van der Waals surface area contributed by atoms with Crippen molar-refractivity contribution in [2.24, 2.45) is 10.4 Å². The van der Waals surface area contributed by atoms with Gasteiger partial charge in [0.2, 0.25) is 0 Å². The normalized spacial score (nSPS) is 20.3. The number of hydrogen-bond acceptors (Lipinski definition) is 2. The Morgan fingerprint density at radius 3 is 2.41 bits per heavy atom. The number of halogens is 3. The van der Waals surface area contributed by atoms with E-state index in [9.17, 15) is 13.2 Å². The molecule has 0 bridgehead atoms. The molecule has 0 amide bonds. The highest BCUT2D eigenvalue weighted by molar-refractivity contribution is 6.03. The van der Waals surface area contributed by atoms with Crippen molar-refractivity contribution < 1.29 is 13.2 Å². The van der Waals surface area contributed by atoms with Crippen LogP contribution in [0.1, 0.15) is 29.5 Å². The highest BCUT2D eigenvalue weighted by Crippen LogP contribution is 2.45. The second-order valence-corrected chi connectivity index (χ2v) is 7.31. The average Bonchev–Trinajstić information content (AvgIpc) is 2.66. The zero-order valence-corrected chi connectivity index (χ0v) is 14.9. The number of fused-ring (bicyclic) bond motifs is 1. The van der Waals surface area contributed by atoms with Crippen molar-refractivity contribution in [1.29, 1.82) is 0 Å². The number of piperidine rings is 1. The minimum Gasteiger partial charge on any atom is -0.343 e. The van der Waals surface area contributed by atoms with E-state index in [4.69, 9.17) is 4.99 Å². The van der Waals surface area contributed by atoms with Gasteiger partial charge in [-0.25, -0.2) is 0 Å². The number of alkyl halides is 3. The standard InChI is InChI=1S/C21H22F3N3/c22-21(23,24)17-7-4-8-18-16(17)13-20(9-11-25-12-10-20)19(27-18)26-14-15-5-2-1-3-6-15/h1-8,25H,9-14H2,(H,26,27). The maximum absolute atomic E-state index is 13.5. The van der Waals surface area contributed by atoms with Gasteiger partial charge in [-0.15, -0.1) is 0 Å². The van der Waals surface area contributed by atoms with E-state index in [-0.39, 0.29) is 5.41 Å². The number of hydrogen-bond donors (Lipinski definition) is 2. The van der Waals surface area contributed by atoms with Gasteiger partial charge >= 0.3 is 6.18 Å². The van der Waals surface area contributed by atoms with Crippen molar-refractivity contribution in [3.05, 3.63) is 65.2 Å². The molecule has 3 nitrogen and oxygen atoms in total. The van der Waals surface area contributed by atoms with E-state index in [2.05, 4.69) is 10.6 Å². The summed E-state index contributed by atoms with van der Waals surface area (Å²) < 4.78 is 40.6. The molecule has 142 valence electrons. The first-order chi connectivity index (χ1) is 13.0. The molecular weight excluding hydrogens is 351 g/mol. The zero-order valence-electron chi connectivity index (χ0n) is 14.9. The summed E-state index contributed by atoms with van der Waals surface area (Å²) in [7, 11) is 0. The topological polar surface area (TPSA) is 36.4 Å². The molecule has 4 rings (SSSR count). The van der Waals surface area contributed by atoms with E-state index in [1.54, 1.807) is 6.07 Å². The van der Waals surface area contributed by atoms with Crippen LogP contribution in [-0.2, 0) is 19.1 Å². The average molecular weight is 373 g/mol. The molecular formula is C21H22F3N3. The predicted molar refractivity (Wildman–Crippen MR) is 101 cm³/mol. The lowest BCUT2D eigenvalue weighted by Gasteiger charge is -2.43. The molecule has 1 saturated heterocycles. The summed E-state index contributed by atoms with van der Waals surface area (Å²) >= 11 is 0. The van der Waals surface area contributed by atoms with Crippen LogP contribution in [0.2, 0.25) is 0 Å². The molecule has 2 aliphatic heterocycles. The maximum atomic E-state index is 13.5. The van der Waals surface area contributed by atoms with Crippen LogP contribution < -0.4 is 10.6 Å². The maximum Gasteiger partial charge on any atom is 0.416 e. The molecule has 27 heavy (non-hydrogen) atoms. The molecule has 0 unspecified atom stereocenters. The van der Waals surface area contributed by atoms with Gasteiger partial charge in [-0.1, -0.05) is 36.4 Å². The van der Waals surface area contributed by atoms with Crippen molar-refractivity contribution in [1.82, 2.24) is 5.32 Å². The molecule has 0 aliphatic carbocycles. The van der Waals surface area contributed by atoms with Crippen molar-refractivity contribution in [2.45, 2.75) is 32.0 Å². The van der Waals surface area contributed by atoms with Gasteiger partial charge < -0.3 is 10.6 Å². The molecule has 2 aliphatic rings. The van der Waals surface area contributed by atoms with Crippen LogP contribution in [0.25, 0.3) is 0 Å². The third-order valence-corrected chi connectivity index (χ3v) is 5.58. The molecule has 2 aromatic carbocycles. The number of nitrogens with one attached hydrogen (secondary N) is 2. The Morgan fingerprint density at radius 2 is 1.70 bits per heavy atom. The molecule has 2 N–H and O–H groups in total. The lowest BCUT2D eigenvalue weighted by molar-refractivity contribution is -0.138. The summed E-state index contributed by atoms with van der Waals surface area (Å²) in [6.07, 6.45) is -2.42. The summed E-state index contributed by atoms with van der Waals surface area (Å²) in [5, 5.41) is 6.58. The Kier molecular flexibility index (Phi) is 4.68. The summed E-state index contributed by atoms with van der Waals surface area (Å²) in [4.78, 5) is 4.82. The molecule has 2 heterocycles. The van der Waals surface area contributed by atoms with Gasteiger partial charge in [0.05, 0.1) is 12.1 Å². The number of aliphatic imine (C=N–C) groups is 1. The third kappa shape index (κ3) is 3.58. The van der Waals surface area contributed by atoms with Crippen LogP contribution in [0.3, 0.4) is 0 Å². The number of rotatable bonds is 2. The minimum absolute atomic E-state index is 0.366. The first kappa shape index (κ1) is 18.0. The Labute approximate surface area is 156 Å². The molecule has 6 heteroatoms. The number of benzene rings is 2. The van der Waals surface area contributed by atoms with Gasteiger partial charge in [0.15, 0.2) is 0 Å². The first-order valence-electron chi connectivity index (χ1n) is 9.24. The monoisotopic (exact) mass is 373 g/mol. The van der Waals surface area contributed by atoms with Crippen molar-refractivity contribution in [2.75, 3.05) is 18.4 Å². The molecule has 0 radical (unpaired) electrons. The van der Waals surface area contributed by atoms with Gasteiger partial charge in [0.1, 0.15) is 5.84 Å². The van der Waals surface area contributed by atoms with Gasteiger partial charge in [-0.3, -0.25) is 4.99 Å². The highest BCUT2D eigenvalue weighted by Gasteiger charge is 2.44. The van der Waals surface area contributed by atoms with Crippen LogP contribution in [0.4, 0.5) is 18.9 Å². The van der Waals surface area contributed by atoms with Gasteiger partial charge in [0, 0.05) is 11.1 Å². The van der Waals surface area contributed by atoms with Gasteiger partial charge in [-0.2, -0.15) is 13.2 Å². The van der Waals surface area contributed by atoms with E-state index in [1.165, 1.54) is 12.1 Å². The van der Waals surface area contributed by atoms with E-state index >= 15 is 0 Å². The van der Waals surface area contributed by atoms with E-state index < -0.39 is 11.7 Å². The minimum atomic E-state index is -4.35. The van der Waals surface area contributed by atoms with Crippen molar-refractivity contribution in [3.63, 3.8) is 0 Å². The van der Waals surface area contributed by atoms with Crippen LogP contribution in [0.5, 0.6) is 0 Å². The largest absolute Gasteiger partial charge is 0.416 e. The van der Waals surface area contributed by atoms with Gasteiger partial charge in [-0.05, 0) is 55.6 Å². The van der Waals surface area contributed by atoms with Crippen molar-refractivity contribution in [3.8, 4) is 0 Å². The summed E-state index contributed by atoms with van der Waals surface area (Å²) in [6.45, 7) is 2.09. The van der Waals surface area contributed by atoms with Crippen LogP contribution in [0, 0.1) is 5.41 Å². The number of nitrogens with zero attached hydrogens (tertiary/aromatic N) is 1. The highest BCUT2D eigenvalue weighted by atomic mass is 19.4. The van der Waals surface area contributed by atoms with Crippen LogP contribution in [-0.4, -0.2) is 18.9 Å². The Bertz CT molecular complexity index is 837. The first-order valence-corrected chi connectivity index (χ1v) is 9.24. The smallest absolute Gasteiger partial charge is 0.343 e. The molecule has 2 aromatic rings. The van der Waals surface area contributed by atoms with Gasteiger partial charge in [0.25, 0.3) is 0 Å². The van der Waals surface area contributed by atoms with Crippen LogP contribution in [0.15, 0.2) is 53.5 Å². The molecule has 0 atom stereocenters.